The molecule has 2 aromatic rings. The van der Waals surface area contributed by atoms with Crippen molar-refractivity contribution in [3.8, 4) is 6.01 Å². The molecule has 1 aliphatic rings. The number of benzene rings is 1. The van der Waals surface area contributed by atoms with Gasteiger partial charge in [0.15, 0.2) is 5.82 Å². The lowest BCUT2D eigenvalue weighted by Gasteiger charge is -2.32. The van der Waals surface area contributed by atoms with Crippen molar-refractivity contribution in [2.75, 3.05) is 13.1 Å². The summed E-state index contributed by atoms with van der Waals surface area (Å²) in [6.07, 6.45) is 2.96. The fourth-order valence-electron chi connectivity index (χ4n) is 2.71. The summed E-state index contributed by atoms with van der Waals surface area (Å²) in [5.41, 5.74) is 0.149. The fourth-order valence-corrected chi connectivity index (χ4v) is 2.71. The van der Waals surface area contributed by atoms with Crippen molar-refractivity contribution in [3.63, 3.8) is 0 Å². The number of likely N-dealkylation sites (tertiary alicyclic amines) is 1. The molecule has 132 valence electrons. The molecule has 1 unspecified atom stereocenters. The van der Waals surface area contributed by atoms with E-state index in [2.05, 4.69) is 9.97 Å². The van der Waals surface area contributed by atoms with Gasteiger partial charge in [0.25, 0.3) is 0 Å². The maximum atomic E-state index is 13.7. The van der Waals surface area contributed by atoms with Crippen LogP contribution in [-0.2, 0) is 11.2 Å². The Hall–Kier alpha value is -2.64. The Morgan fingerprint density at radius 1 is 1.20 bits per heavy atom. The second-order valence-corrected chi connectivity index (χ2v) is 5.82. The molecule has 0 bridgehead atoms. The highest BCUT2D eigenvalue weighted by atomic mass is 19.1. The van der Waals surface area contributed by atoms with Gasteiger partial charge >= 0.3 is 6.01 Å². The Balaban J connectivity index is 1.60. The third-order valence-corrected chi connectivity index (χ3v) is 3.96. The van der Waals surface area contributed by atoms with Crippen molar-refractivity contribution < 1.29 is 22.7 Å². The number of hydrogen-bond donors (Lipinski definition) is 0. The molecule has 1 aromatic carbocycles. The maximum absolute atomic E-state index is 13.7. The molecule has 0 saturated carbocycles. The van der Waals surface area contributed by atoms with E-state index in [0.717, 1.165) is 24.5 Å². The standard InChI is InChI=1S/C17H16F3N3O2/c18-12-4-3-11(15(20)7-12)6-16(24)23-5-1-2-14(10-23)25-17-21-8-13(19)9-22-17/h3-4,7-9,14H,1-2,5-6,10H2. The van der Waals surface area contributed by atoms with Gasteiger partial charge in [0.1, 0.15) is 17.7 Å². The van der Waals surface area contributed by atoms with Crippen LogP contribution < -0.4 is 4.74 Å². The van der Waals surface area contributed by atoms with Crippen LogP contribution in [0.5, 0.6) is 6.01 Å². The average molecular weight is 351 g/mol. The molecule has 0 radical (unpaired) electrons. The van der Waals surface area contributed by atoms with E-state index in [0.29, 0.717) is 25.9 Å². The number of carbonyl (C=O) groups is 1. The molecule has 1 amide bonds. The highest BCUT2D eigenvalue weighted by Gasteiger charge is 2.26. The van der Waals surface area contributed by atoms with Gasteiger partial charge in [0.05, 0.1) is 25.4 Å². The molecule has 25 heavy (non-hydrogen) atoms. The minimum atomic E-state index is -0.738. The van der Waals surface area contributed by atoms with Gasteiger partial charge in [-0.3, -0.25) is 4.79 Å². The van der Waals surface area contributed by atoms with Gasteiger partial charge in [-0.2, -0.15) is 0 Å². The fraction of sp³-hybridized carbons (Fsp3) is 0.353. The highest BCUT2D eigenvalue weighted by molar-refractivity contribution is 5.79. The van der Waals surface area contributed by atoms with Gasteiger partial charge < -0.3 is 9.64 Å². The summed E-state index contributed by atoms with van der Waals surface area (Å²) in [7, 11) is 0. The zero-order chi connectivity index (χ0) is 17.8. The predicted molar refractivity (Wildman–Crippen MR) is 82.3 cm³/mol. The van der Waals surface area contributed by atoms with Gasteiger partial charge in [-0.15, -0.1) is 0 Å². The van der Waals surface area contributed by atoms with E-state index >= 15 is 0 Å². The number of halogens is 3. The van der Waals surface area contributed by atoms with Gasteiger partial charge in [-0.25, -0.2) is 23.1 Å². The second kappa shape index (κ2) is 7.50. The Morgan fingerprint density at radius 3 is 2.68 bits per heavy atom. The Kier molecular flexibility index (Phi) is 5.16. The SMILES string of the molecule is O=C(Cc1ccc(F)cc1F)N1CCCC(Oc2ncc(F)cn2)C1. The smallest absolute Gasteiger partial charge is 0.316 e. The van der Waals surface area contributed by atoms with Crippen LogP contribution >= 0.6 is 0 Å². The zero-order valence-electron chi connectivity index (χ0n) is 13.3. The van der Waals surface area contributed by atoms with Crippen LogP contribution in [0.4, 0.5) is 13.2 Å². The predicted octanol–water partition coefficient (Wildman–Crippen LogP) is 2.51. The first-order valence-electron chi connectivity index (χ1n) is 7.87. The lowest BCUT2D eigenvalue weighted by molar-refractivity contribution is -0.133. The Bertz CT molecular complexity index is 755. The molecule has 0 spiro atoms. The third-order valence-electron chi connectivity index (χ3n) is 3.96. The number of piperidine rings is 1. The van der Waals surface area contributed by atoms with Crippen LogP contribution in [-0.4, -0.2) is 40.0 Å². The van der Waals surface area contributed by atoms with Gasteiger partial charge in [0.2, 0.25) is 5.91 Å². The summed E-state index contributed by atoms with van der Waals surface area (Å²) in [6.45, 7) is 0.841. The van der Waals surface area contributed by atoms with E-state index in [9.17, 15) is 18.0 Å². The van der Waals surface area contributed by atoms with Crippen LogP contribution in [0, 0.1) is 17.5 Å². The molecule has 1 aliphatic heterocycles. The van der Waals surface area contributed by atoms with Crippen molar-refractivity contribution in [1.82, 2.24) is 14.9 Å². The zero-order valence-corrected chi connectivity index (χ0v) is 13.3. The summed E-state index contributed by atoms with van der Waals surface area (Å²) < 4.78 is 45.0. The van der Waals surface area contributed by atoms with E-state index in [-0.39, 0.29) is 30.0 Å². The number of amides is 1. The van der Waals surface area contributed by atoms with Gasteiger partial charge in [-0.05, 0) is 24.5 Å². The molecule has 1 atom stereocenters. The van der Waals surface area contributed by atoms with Crippen molar-refractivity contribution in [3.05, 3.63) is 53.6 Å². The van der Waals surface area contributed by atoms with E-state index in [1.165, 1.54) is 6.07 Å². The molecule has 1 aromatic heterocycles. The molecule has 0 aliphatic carbocycles. The number of nitrogens with zero attached hydrogens (tertiary/aromatic N) is 3. The molecule has 5 nitrogen and oxygen atoms in total. The Morgan fingerprint density at radius 2 is 1.96 bits per heavy atom. The molecule has 0 N–H and O–H groups in total. The molecule has 8 heteroatoms. The minimum absolute atomic E-state index is 0.0466. The number of ether oxygens (including phenoxy) is 1. The van der Waals surface area contributed by atoms with Crippen LogP contribution in [0.2, 0.25) is 0 Å². The average Bonchev–Trinajstić information content (AvgIpc) is 2.60. The van der Waals surface area contributed by atoms with E-state index in [1.807, 2.05) is 0 Å². The van der Waals surface area contributed by atoms with Crippen LogP contribution in [0.15, 0.2) is 30.6 Å². The van der Waals surface area contributed by atoms with E-state index in [1.54, 1.807) is 4.90 Å². The Labute approximate surface area is 142 Å². The maximum Gasteiger partial charge on any atom is 0.316 e. The molecule has 1 fully saturated rings. The van der Waals surface area contributed by atoms with Crippen molar-refractivity contribution >= 4 is 5.91 Å². The summed E-state index contributed by atoms with van der Waals surface area (Å²) in [5.74, 6) is -2.25. The number of hydrogen-bond acceptors (Lipinski definition) is 4. The topological polar surface area (TPSA) is 55.3 Å². The van der Waals surface area contributed by atoms with E-state index < -0.39 is 17.5 Å². The first-order valence-corrected chi connectivity index (χ1v) is 7.87. The normalized spacial score (nSPS) is 17.4. The summed E-state index contributed by atoms with van der Waals surface area (Å²) in [5, 5.41) is 0. The second-order valence-electron chi connectivity index (χ2n) is 5.82. The van der Waals surface area contributed by atoms with Crippen molar-refractivity contribution in [1.29, 1.82) is 0 Å². The molecule has 1 saturated heterocycles. The number of aromatic nitrogens is 2. The third kappa shape index (κ3) is 4.46. The van der Waals surface area contributed by atoms with Crippen molar-refractivity contribution in [2.45, 2.75) is 25.4 Å². The quantitative estimate of drug-likeness (QED) is 0.849. The first-order chi connectivity index (χ1) is 12.0. The first kappa shape index (κ1) is 17.2. The molecular weight excluding hydrogens is 335 g/mol. The van der Waals surface area contributed by atoms with Crippen molar-refractivity contribution in [2.24, 2.45) is 0 Å². The van der Waals surface area contributed by atoms with Crippen LogP contribution in [0.3, 0.4) is 0 Å². The molecule has 2 heterocycles. The lowest BCUT2D eigenvalue weighted by atomic mass is 10.1. The van der Waals surface area contributed by atoms with E-state index in [4.69, 9.17) is 4.74 Å². The van der Waals surface area contributed by atoms with Crippen LogP contribution in [0.1, 0.15) is 18.4 Å². The lowest BCUT2D eigenvalue weighted by Crippen LogP contribution is -2.45. The highest BCUT2D eigenvalue weighted by Crippen LogP contribution is 2.17. The molecule has 3 rings (SSSR count). The number of rotatable bonds is 4. The van der Waals surface area contributed by atoms with Gasteiger partial charge in [0, 0.05) is 12.6 Å². The molecular formula is C17H16F3N3O2. The minimum Gasteiger partial charge on any atom is -0.458 e. The largest absolute Gasteiger partial charge is 0.458 e. The summed E-state index contributed by atoms with van der Waals surface area (Å²) in [4.78, 5) is 21.4. The summed E-state index contributed by atoms with van der Waals surface area (Å²) >= 11 is 0. The summed E-state index contributed by atoms with van der Waals surface area (Å²) in [6, 6.07) is 3.20. The van der Waals surface area contributed by atoms with Gasteiger partial charge in [-0.1, -0.05) is 6.07 Å². The van der Waals surface area contributed by atoms with Crippen LogP contribution in [0.25, 0.3) is 0 Å². The monoisotopic (exact) mass is 351 g/mol. The number of carbonyl (C=O) groups excluding carboxylic acids is 1.